The van der Waals surface area contributed by atoms with Crippen LogP contribution in [0.1, 0.15) is 11.4 Å². The molecular formula is C15H14N2O2. The minimum Gasteiger partial charge on any atom is -0.477 e. The van der Waals surface area contributed by atoms with Gasteiger partial charge in [0.25, 0.3) is 0 Å². The van der Waals surface area contributed by atoms with E-state index in [1.807, 2.05) is 48.7 Å². The monoisotopic (exact) mass is 254 g/mol. The zero-order chi connectivity index (χ0) is 13.8. The number of para-hydroxylation sites is 2. The van der Waals surface area contributed by atoms with E-state index in [2.05, 4.69) is 0 Å². The molecule has 0 spiro atoms. The van der Waals surface area contributed by atoms with Crippen LogP contribution in [0.5, 0.6) is 5.75 Å². The lowest BCUT2D eigenvalue weighted by atomic mass is 10.2. The Balaban J connectivity index is 2.60. The van der Waals surface area contributed by atoms with Crippen molar-refractivity contribution in [2.75, 3.05) is 6.61 Å². The van der Waals surface area contributed by atoms with Gasteiger partial charge in [0.15, 0.2) is 12.0 Å². The number of pyridine rings is 1. The highest BCUT2D eigenvalue weighted by atomic mass is 16.5. The Morgan fingerprint density at radius 3 is 2.47 bits per heavy atom. The molecule has 0 radical (unpaired) electrons. The molecule has 0 atom stereocenters. The van der Waals surface area contributed by atoms with Crippen LogP contribution in [0.25, 0.3) is 5.69 Å². The van der Waals surface area contributed by atoms with Crippen LogP contribution in [0, 0.1) is 25.2 Å². The van der Waals surface area contributed by atoms with Crippen molar-refractivity contribution in [3.63, 3.8) is 0 Å². The number of rotatable bonds is 3. The second-order valence-corrected chi connectivity index (χ2v) is 4.22. The van der Waals surface area contributed by atoms with Gasteiger partial charge in [0, 0.05) is 23.5 Å². The second-order valence-electron chi connectivity index (χ2n) is 4.22. The van der Waals surface area contributed by atoms with Crippen molar-refractivity contribution in [2.24, 2.45) is 0 Å². The number of nitrogens with zero attached hydrogens (tertiary/aromatic N) is 2. The highest BCUT2D eigenvalue weighted by molar-refractivity contribution is 5.49. The van der Waals surface area contributed by atoms with E-state index in [1.165, 1.54) is 0 Å². The molecule has 2 aromatic rings. The molecule has 0 saturated heterocycles. The van der Waals surface area contributed by atoms with Crippen LogP contribution >= 0.6 is 0 Å². The molecule has 0 N–H and O–H groups in total. The van der Waals surface area contributed by atoms with Gasteiger partial charge in [-0.05, 0) is 26.0 Å². The van der Waals surface area contributed by atoms with Crippen LogP contribution in [-0.2, 0) is 0 Å². The van der Waals surface area contributed by atoms with E-state index in [-0.39, 0.29) is 12.0 Å². The van der Waals surface area contributed by atoms with Crippen molar-refractivity contribution in [3.8, 4) is 17.5 Å². The zero-order valence-corrected chi connectivity index (χ0v) is 10.9. The molecule has 0 unspecified atom stereocenters. The largest absolute Gasteiger partial charge is 0.477 e. The molecule has 0 fully saturated rings. The summed E-state index contributed by atoms with van der Waals surface area (Å²) in [5, 5.41) is 8.61. The lowest BCUT2D eigenvalue weighted by molar-refractivity contribution is 0.366. The SMILES string of the molecule is Cc1cc(=O)cc(C)n1-c1ccccc1OCC#N. The Labute approximate surface area is 111 Å². The van der Waals surface area contributed by atoms with Crippen molar-refractivity contribution in [1.82, 2.24) is 4.57 Å². The summed E-state index contributed by atoms with van der Waals surface area (Å²) >= 11 is 0. The molecule has 1 aromatic carbocycles. The summed E-state index contributed by atoms with van der Waals surface area (Å²) in [6.07, 6.45) is 0. The summed E-state index contributed by atoms with van der Waals surface area (Å²) in [5.74, 6) is 0.624. The van der Waals surface area contributed by atoms with Gasteiger partial charge in [0.2, 0.25) is 0 Å². The predicted octanol–water partition coefficient (Wildman–Crippen LogP) is 2.36. The number of aromatic nitrogens is 1. The summed E-state index contributed by atoms with van der Waals surface area (Å²) in [6, 6.07) is 12.6. The third kappa shape index (κ3) is 2.66. The van der Waals surface area contributed by atoms with E-state index in [1.54, 1.807) is 12.1 Å². The Morgan fingerprint density at radius 2 is 1.84 bits per heavy atom. The van der Waals surface area contributed by atoms with E-state index < -0.39 is 0 Å². The molecule has 1 heterocycles. The zero-order valence-electron chi connectivity index (χ0n) is 10.9. The first-order valence-electron chi connectivity index (χ1n) is 5.93. The third-order valence-electron chi connectivity index (χ3n) is 2.81. The first kappa shape index (κ1) is 12.9. The predicted molar refractivity (Wildman–Crippen MR) is 72.6 cm³/mol. The minimum absolute atomic E-state index is 0.00466. The van der Waals surface area contributed by atoms with Gasteiger partial charge in [-0.2, -0.15) is 5.26 Å². The fraction of sp³-hybridized carbons (Fsp3) is 0.200. The van der Waals surface area contributed by atoms with Crippen LogP contribution in [-0.4, -0.2) is 11.2 Å². The van der Waals surface area contributed by atoms with Crippen LogP contribution in [0.4, 0.5) is 0 Å². The highest BCUT2D eigenvalue weighted by Gasteiger charge is 2.09. The van der Waals surface area contributed by atoms with Gasteiger partial charge in [-0.3, -0.25) is 4.79 Å². The lowest BCUT2D eigenvalue weighted by Gasteiger charge is -2.17. The maximum absolute atomic E-state index is 11.5. The fourth-order valence-corrected chi connectivity index (χ4v) is 2.11. The van der Waals surface area contributed by atoms with E-state index >= 15 is 0 Å². The maximum atomic E-state index is 11.5. The molecule has 19 heavy (non-hydrogen) atoms. The van der Waals surface area contributed by atoms with Gasteiger partial charge in [0.05, 0.1) is 5.69 Å². The van der Waals surface area contributed by atoms with E-state index in [9.17, 15) is 4.79 Å². The highest BCUT2D eigenvalue weighted by Crippen LogP contribution is 2.24. The van der Waals surface area contributed by atoms with Crippen LogP contribution in [0.3, 0.4) is 0 Å². The molecule has 2 rings (SSSR count). The molecule has 0 bridgehead atoms. The molecule has 4 heteroatoms. The Bertz CT molecular complexity index is 670. The van der Waals surface area contributed by atoms with Gasteiger partial charge < -0.3 is 9.30 Å². The van der Waals surface area contributed by atoms with Gasteiger partial charge in [-0.1, -0.05) is 12.1 Å². The van der Waals surface area contributed by atoms with Gasteiger partial charge in [-0.15, -0.1) is 0 Å². The van der Waals surface area contributed by atoms with E-state index in [0.717, 1.165) is 17.1 Å². The third-order valence-corrected chi connectivity index (χ3v) is 2.81. The van der Waals surface area contributed by atoms with E-state index in [0.29, 0.717) is 5.75 Å². The topological polar surface area (TPSA) is 55.0 Å². The molecule has 4 nitrogen and oxygen atoms in total. The first-order valence-corrected chi connectivity index (χ1v) is 5.93. The standard InChI is InChI=1S/C15H14N2O2/c1-11-9-13(18)10-12(2)17(11)14-5-3-4-6-15(14)19-8-7-16/h3-6,9-10H,8H2,1-2H3. The van der Waals surface area contributed by atoms with Gasteiger partial charge in [-0.25, -0.2) is 0 Å². The van der Waals surface area contributed by atoms with Crippen LogP contribution < -0.4 is 10.2 Å². The number of benzene rings is 1. The summed E-state index contributed by atoms with van der Waals surface area (Å²) < 4.78 is 7.36. The molecule has 0 aliphatic rings. The Morgan fingerprint density at radius 1 is 1.21 bits per heavy atom. The molecule has 1 aromatic heterocycles. The molecule has 0 aliphatic carbocycles. The fourth-order valence-electron chi connectivity index (χ4n) is 2.11. The number of nitriles is 1. The molecule has 0 amide bonds. The molecule has 0 aliphatic heterocycles. The normalized spacial score (nSPS) is 9.95. The quantitative estimate of drug-likeness (QED) is 0.844. The summed E-state index contributed by atoms with van der Waals surface area (Å²) in [5.41, 5.74) is 2.48. The van der Waals surface area contributed by atoms with Crippen molar-refractivity contribution >= 4 is 0 Å². The average molecular weight is 254 g/mol. The molecule has 96 valence electrons. The number of aryl methyl sites for hydroxylation is 2. The Hall–Kier alpha value is -2.54. The van der Waals surface area contributed by atoms with Crippen LogP contribution in [0.15, 0.2) is 41.2 Å². The van der Waals surface area contributed by atoms with Crippen LogP contribution in [0.2, 0.25) is 0 Å². The maximum Gasteiger partial charge on any atom is 0.182 e. The molecular weight excluding hydrogens is 240 g/mol. The van der Waals surface area contributed by atoms with Crippen molar-refractivity contribution in [3.05, 3.63) is 58.0 Å². The van der Waals surface area contributed by atoms with Gasteiger partial charge >= 0.3 is 0 Å². The van der Waals surface area contributed by atoms with Crippen molar-refractivity contribution in [2.45, 2.75) is 13.8 Å². The minimum atomic E-state index is -0.0123. The number of hydrogen-bond acceptors (Lipinski definition) is 3. The number of ether oxygens (including phenoxy) is 1. The second kappa shape index (κ2) is 5.40. The summed E-state index contributed by atoms with van der Waals surface area (Å²) in [6.45, 7) is 3.74. The van der Waals surface area contributed by atoms with Crippen molar-refractivity contribution in [1.29, 1.82) is 5.26 Å². The Kier molecular flexibility index (Phi) is 3.67. The summed E-state index contributed by atoms with van der Waals surface area (Å²) in [4.78, 5) is 11.5. The van der Waals surface area contributed by atoms with Gasteiger partial charge in [0.1, 0.15) is 11.8 Å². The lowest BCUT2D eigenvalue weighted by Crippen LogP contribution is -2.12. The smallest absolute Gasteiger partial charge is 0.182 e. The van der Waals surface area contributed by atoms with Crippen molar-refractivity contribution < 1.29 is 4.74 Å². The summed E-state index contributed by atoms with van der Waals surface area (Å²) in [7, 11) is 0. The van der Waals surface area contributed by atoms with E-state index in [4.69, 9.17) is 10.00 Å². The molecule has 0 saturated carbocycles. The number of hydrogen-bond donors (Lipinski definition) is 0. The first-order chi connectivity index (χ1) is 9.13. The average Bonchev–Trinajstić information content (AvgIpc) is 2.36.